The van der Waals surface area contributed by atoms with Crippen LogP contribution >= 0.6 is 11.3 Å². The number of piperidine rings is 1. The third-order valence-corrected chi connectivity index (χ3v) is 7.67. The predicted octanol–water partition coefficient (Wildman–Crippen LogP) is 1.76. The van der Waals surface area contributed by atoms with Crippen molar-refractivity contribution in [2.24, 2.45) is 0 Å². The number of methoxy groups -OCH3 is 1. The van der Waals surface area contributed by atoms with Gasteiger partial charge in [-0.25, -0.2) is 4.98 Å². The van der Waals surface area contributed by atoms with Crippen LogP contribution in [0, 0.1) is 0 Å². The molecular weight excluding hydrogens is 334 g/mol. The molecule has 1 fully saturated rings. The first-order chi connectivity index (χ1) is 12.0. The Balaban J connectivity index is 1.77. The van der Waals surface area contributed by atoms with Crippen LogP contribution in [0.1, 0.15) is 28.1 Å². The highest BCUT2D eigenvalue weighted by Crippen LogP contribution is 2.57. The zero-order valence-corrected chi connectivity index (χ0v) is 15.4. The average molecular weight is 357 g/mol. The summed E-state index contributed by atoms with van der Waals surface area (Å²) in [5.41, 5.74) is 8.55. The van der Waals surface area contributed by atoms with Crippen LogP contribution in [0.3, 0.4) is 0 Å². The van der Waals surface area contributed by atoms with E-state index in [9.17, 15) is 5.11 Å². The minimum Gasteiger partial charge on any atom is -0.497 e. The van der Waals surface area contributed by atoms with Crippen LogP contribution in [-0.4, -0.2) is 47.3 Å². The number of nitrogens with zero attached hydrogens (tertiary/aromatic N) is 2. The molecule has 0 radical (unpaired) electrons. The standard InChI is InChI=1S/C19H23N3O2S/c1-22-6-5-18-9-14-15(25-17(20)21-14)10-19(18,23)16(22)7-11-3-4-12(24-2)8-13(11)18/h3-4,8,16,23H,5-7,9-10H2,1-2H3,(H2,20,21)/t16-,18-,19-/m1/s1. The van der Waals surface area contributed by atoms with Gasteiger partial charge in [0, 0.05) is 29.2 Å². The number of thiazole rings is 1. The molecule has 1 aromatic carbocycles. The molecule has 2 aliphatic carbocycles. The lowest BCUT2D eigenvalue weighted by Crippen LogP contribution is -2.73. The average Bonchev–Trinajstić information content (AvgIpc) is 2.93. The van der Waals surface area contributed by atoms with Crippen molar-refractivity contribution >= 4 is 16.5 Å². The molecule has 2 aromatic rings. The molecule has 1 saturated heterocycles. The van der Waals surface area contributed by atoms with Gasteiger partial charge in [0.05, 0.1) is 18.4 Å². The van der Waals surface area contributed by atoms with Crippen molar-refractivity contribution in [3.8, 4) is 5.75 Å². The maximum atomic E-state index is 12.1. The number of ether oxygens (including phenoxy) is 1. The lowest BCUT2D eigenvalue weighted by molar-refractivity contribution is -0.144. The van der Waals surface area contributed by atoms with Gasteiger partial charge in [0.25, 0.3) is 0 Å². The van der Waals surface area contributed by atoms with E-state index in [2.05, 4.69) is 29.1 Å². The fourth-order valence-corrected chi connectivity index (χ4v) is 6.40. The van der Waals surface area contributed by atoms with Crippen LogP contribution in [0.4, 0.5) is 5.13 Å². The van der Waals surface area contributed by atoms with Crippen molar-refractivity contribution in [3.63, 3.8) is 0 Å². The number of aromatic nitrogens is 1. The van der Waals surface area contributed by atoms with Crippen LogP contribution in [-0.2, 0) is 24.7 Å². The molecule has 5 rings (SSSR count). The van der Waals surface area contributed by atoms with Crippen molar-refractivity contribution in [1.29, 1.82) is 0 Å². The molecule has 132 valence electrons. The normalized spacial score (nSPS) is 33.3. The van der Waals surface area contributed by atoms with Gasteiger partial charge < -0.3 is 20.5 Å². The smallest absolute Gasteiger partial charge is 0.180 e. The van der Waals surface area contributed by atoms with E-state index in [0.717, 1.165) is 42.1 Å². The van der Waals surface area contributed by atoms with E-state index < -0.39 is 5.60 Å². The molecule has 0 amide bonds. The number of anilines is 1. The first-order valence-corrected chi connectivity index (χ1v) is 9.62. The summed E-state index contributed by atoms with van der Waals surface area (Å²) in [7, 11) is 3.84. The van der Waals surface area contributed by atoms with Gasteiger partial charge in [-0.2, -0.15) is 0 Å². The van der Waals surface area contributed by atoms with Crippen molar-refractivity contribution in [2.45, 2.75) is 42.7 Å². The molecule has 5 nitrogen and oxygen atoms in total. The SMILES string of the molecule is COc1ccc2c(c1)[C@]13CCN(C)[C@H](C2)[C@]1(O)Cc1sc(N)nc1C3. The van der Waals surface area contributed by atoms with Crippen molar-refractivity contribution < 1.29 is 9.84 Å². The molecule has 1 aliphatic heterocycles. The van der Waals surface area contributed by atoms with Crippen molar-refractivity contribution in [1.82, 2.24) is 9.88 Å². The number of nitrogen functional groups attached to an aromatic ring is 1. The van der Waals surface area contributed by atoms with Gasteiger partial charge in [-0.05, 0) is 49.7 Å². The number of nitrogens with two attached hydrogens (primary N) is 1. The fourth-order valence-electron chi connectivity index (χ4n) is 5.46. The molecule has 1 aromatic heterocycles. The summed E-state index contributed by atoms with van der Waals surface area (Å²) in [5.74, 6) is 0.858. The Kier molecular flexibility index (Phi) is 3.10. The Hall–Kier alpha value is -1.63. The second kappa shape index (κ2) is 4.96. The Bertz CT molecular complexity index is 866. The Morgan fingerprint density at radius 3 is 3.04 bits per heavy atom. The first kappa shape index (κ1) is 15.6. The summed E-state index contributed by atoms with van der Waals surface area (Å²) >= 11 is 1.53. The zero-order chi connectivity index (χ0) is 17.4. The van der Waals surface area contributed by atoms with E-state index in [0.29, 0.717) is 11.6 Å². The summed E-state index contributed by atoms with van der Waals surface area (Å²) in [5, 5.41) is 12.7. The van der Waals surface area contributed by atoms with Gasteiger partial charge in [0.2, 0.25) is 0 Å². The monoisotopic (exact) mass is 357 g/mol. The molecular formula is C19H23N3O2S. The molecule has 2 heterocycles. The number of likely N-dealkylation sites (N-methyl/N-ethyl adjacent to an activating group) is 1. The third kappa shape index (κ3) is 1.87. The second-order valence-corrected chi connectivity index (χ2v) is 8.87. The first-order valence-electron chi connectivity index (χ1n) is 8.81. The molecule has 6 heteroatoms. The molecule has 3 N–H and O–H groups in total. The number of likely N-dealkylation sites (tertiary alicyclic amines) is 1. The number of hydrogen-bond donors (Lipinski definition) is 2. The van der Waals surface area contributed by atoms with Gasteiger partial charge in [0.1, 0.15) is 5.75 Å². The van der Waals surface area contributed by atoms with Crippen LogP contribution in [0.15, 0.2) is 18.2 Å². The molecule has 3 atom stereocenters. The summed E-state index contributed by atoms with van der Waals surface area (Å²) in [6.45, 7) is 0.985. The van der Waals surface area contributed by atoms with E-state index >= 15 is 0 Å². The highest BCUT2D eigenvalue weighted by Gasteiger charge is 2.64. The van der Waals surface area contributed by atoms with Crippen LogP contribution in [0.2, 0.25) is 0 Å². The largest absolute Gasteiger partial charge is 0.497 e. The van der Waals surface area contributed by atoms with Crippen molar-refractivity contribution in [3.05, 3.63) is 39.9 Å². The highest BCUT2D eigenvalue weighted by atomic mass is 32.1. The van der Waals surface area contributed by atoms with Crippen molar-refractivity contribution in [2.75, 3.05) is 26.4 Å². The molecule has 2 bridgehead atoms. The van der Waals surface area contributed by atoms with Gasteiger partial charge in [-0.1, -0.05) is 6.07 Å². The second-order valence-electron chi connectivity index (χ2n) is 7.76. The lowest BCUT2D eigenvalue weighted by Gasteiger charge is -2.62. The number of rotatable bonds is 1. The molecule has 0 spiro atoms. The number of fused-ring (bicyclic) bond motifs is 2. The Labute approximate surface area is 151 Å². The highest BCUT2D eigenvalue weighted by molar-refractivity contribution is 7.15. The molecule has 0 saturated carbocycles. The number of benzene rings is 1. The number of aliphatic hydroxyl groups is 1. The zero-order valence-electron chi connectivity index (χ0n) is 14.6. The summed E-state index contributed by atoms with van der Waals surface area (Å²) < 4.78 is 5.50. The van der Waals surface area contributed by atoms with E-state index in [4.69, 9.17) is 10.5 Å². The van der Waals surface area contributed by atoms with Crippen LogP contribution in [0.5, 0.6) is 5.75 Å². The number of hydrogen-bond acceptors (Lipinski definition) is 6. The van der Waals surface area contributed by atoms with Crippen LogP contribution < -0.4 is 10.5 Å². The molecule has 3 aliphatic rings. The quantitative estimate of drug-likeness (QED) is 0.814. The fraction of sp³-hybridized carbons (Fsp3) is 0.526. The van der Waals surface area contributed by atoms with E-state index in [-0.39, 0.29) is 11.5 Å². The third-order valence-electron chi connectivity index (χ3n) is 6.74. The van der Waals surface area contributed by atoms with Gasteiger partial charge in [0.15, 0.2) is 5.13 Å². The lowest BCUT2D eigenvalue weighted by atomic mass is 9.50. The van der Waals surface area contributed by atoms with Gasteiger partial charge >= 0.3 is 0 Å². The Morgan fingerprint density at radius 2 is 2.24 bits per heavy atom. The summed E-state index contributed by atoms with van der Waals surface area (Å²) in [4.78, 5) is 8.08. The molecule has 0 unspecified atom stereocenters. The maximum absolute atomic E-state index is 12.1. The topological polar surface area (TPSA) is 71.6 Å². The molecule has 25 heavy (non-hydrogen) atoms. The Morgan fingerprint density at radius 1 is 1.40 bits per heavy atom. The summed E-state index contributed by atoms with van der Waals surface area (Å²) in [6, 6.07) is 6.47. The predicted molar refractivity (Wildman–Crippen MR) is 98.3 cm³/mol. The van der Waals surface area contributed by atoms with E-state index in [1.165, 1.54) is 22.5 Å². The minimum atomic E-state index is -0.786. The minimum absolute atomic E-state index is 0.124. The van der Waals surface area contributed by atoms with Gasteiger partial charge in [-0.15, -0.1) is 11.3 Å². The van der Waals surface area contributed by atoms with E-state index in [1.807, 2.05) is 6.07 Å². The summed E-state index contributed by atoms with van der Waals surface area (Å²) in [6.07, 6.45) is 3.20. The van der Waals surface area contributed by atoms with Crippen LogP contribution in [0.25, 0.3) is 0 Å². The maximum Gasteiger partial charge on any atom is 0.180 e. The van der Waals surface area contributed by atoms with Gasteiger partial charge in [-0.3, -0.25) is 0 Å². The van der Waals surface area contributed by atoms with E-state index in [1.54, 1.807) is 7.11 Å².